The second-order valence-electron chi connectivity index (χ2n) is 10.6. The number of aromatic nitrogens is 3. The van der Waals surface area contributed by atoms with Gasteiger partial charge < -0.3 is 10.1 Å². The number of nitrogens with one attached hydrogen (secondary N) is 1. The molecule has 0 unspecified atom stereocenters. The van der Waals surface area contributed by atoms with Crippen molar-refractivity contribution in [2.45, 2.75) is 37.5 Å². The van der Waals surface area contributed by atoms with Crippen molar-refractivity contribution in [3.05, 3.63) is 124 Å². The molecule has 3 heterocycles. The highest BCUT2D eigenvalue weighted by Crippen LogP contribution is 2.35. The molecule has 0 saturated heterocycles. The van der Waals surface area contributed by atoms with Crippen LogP contribution in [0.3, 0.4) is 0 Å². The van der Waals surface area contributed by atoms with Crippen LogP contribution in [0.1, 0.15) is 39.9 Å². The molecule has 228 valence electrons. The molecule has 0 radical (unpaired) electrons. The maximum Gasteiger partial charge on any atom is 0.253 e. The van der Waals surface area contributed by atoms with E-state index < -0.39 is 0 Å². The van der Waals surface area contributed by atoms with E-state index in [-0.39, 0.29) is 36.6 Å². The number of methoxy groups -OCH3 is 1. The van der Waals surface area contributed by atoms with Crippen LogP contribution in [-0.2, 0) is 22.6 Å². The minimum Gasteiger partial charge on any atom is -0.497 e. The first-order valence-electron chi connectivity index (χ1n) is 14.5. The van der Waals surface area contributed by atoms with E-state index in [9.17, 15) is 9.59 Å². The van der Waals surface area contributed by atoms with E-state index in [0.29, 0.717) is 17.4 Å². The summed E-state index contributed by atoms with van der Waals surface area (Å²) in [6.45, 7) is 2.21. The molecule has 1 atom stereocenters. The predicted octanol–water partition coefficient (Wildman–Crippen LogP) is 5.97. The molecule has 9 nitrogen and oxygen atoms in total. The Kier molecular flexibility index (Phi) is 9.37. The number of benzene rings is 3. The molecule has 0 saturated carbocycles. The lowest BCUT2D eigenvalue weighted by Crippen LogP contribution is -2.28. The van der Waals surface area contributed by atoms with Crippen LogP contribution >= 0.6 is 23.1 Å². The standard InChI is InChI=1S/C34H32N6O3S2/c1-23-8-6-11-26(18-23)39-31(21-35-32(41)19-24-9-4-3-5-10-24)36-37-34(39)45-22-33(42)40-29(25-13-15-27(43-2)16-14-25)20-28(38-40)30-12-7-17-44-30/h3-18,29H,19-22H2,1-2H3,(H,35,41)/t29-/m0/s1. The Morgan fingerprint density at radius 2 is 1.82 bits per heavy atom. The topological polar surface area (TPSA) is 102 Å². The van der Waals surface area contributed by atoms with E-state index >= 15 is 0 Å². The van der Waals surface area contributed by atoms with Gasteiger partial charge >= 0.3 is 0 Å². The Balaban J connectivity index is 1.21. The second-order valence-corrected chi connectivity index (χ2v) is 12.4. The molecule has 3 aromatic carbocycles. The van der Waals surface area contributed by atoms with E-state index in [1.807, 2.05) is 108 Å². The summed E-state index contributed by atoms with van der Waals surface area (Å²) >= 11 is 2.91. The highest BCUT2D eigenvalue weighted by atomic mass is 32.2. The van der Waals surface area contributed by atoms with Crippen LogP contribution in [0.15, 0.2) is 107 Å². The summed E-state index contributed by atoms with van der Waals surface area (Å²) < 4.78 is 7.24. The minimum atomic E-state index is -0.230. The van der Waals surface area contributed by atoms with Gasteiger partial charge in [-0.15, -0.1) is 21.5 Å². The third kappa shape index (κ3) is 7.16. The lowest BCUT2D eigenvalue weighted by molar-refractivity contribution is -0.130. The monoisotopic (exact) mass is 636 g/mol. The molecule has 0 bridgehead atoms. The van der Waals surface area contributed by atoms with Crippen LogP contribution in [0.4, 0.5) is 0 Å². The van der Waals surface area contributed by atoms with Gasteiger partial charge in [-0.1, -0.05) is 72.4 Å². The summed E-state index contributed by atoms with van der Waals surface area (Å²) in [5.74, 6) is 1.20. The molecule has 2 amide bonds. The van der Waals surface area contributed by atoms with Crippen LogP contribution in [0, 0.1) is 6.92 Å². The molecule has 5 aromatic rings. The summed E-state index contributed by atoms with van der Waals surface area (Å²) in [4.78, 5) is 27.6. The molecule has 6 rings (SSSR count). The van der Waals surface area contributed by atoms with E-state index in [2.05, 4.69) is 15.5 Å². The Labute approximate surface area is 270 Å². The van der Waals surface area contributed by atoms with Crippen LogP contribution < -0.4 is 10.1 Å². The number of hydrogen-bond acceptors (Lipinski definition) is 8. The number of carbonyl (C=O) groups is 2. The van der Waals surface area contributed by atoms with Crippen LogP contribution in [-0.4, -0.2) is 50.2 Å². The normalized spacial score (nSPS) is 14.3. The zero-order chi connectivity index (χ0) is 31.2. The number of carbonyl (C=O) groups excluding carboxylic acids is 2. The lowest BCUT2D eigenvalue weighted by atomic mass is 10.0. The Hall–Kier alpha value is -4.74. The average Bonchev–Trinajstić information content (AvgIpc) is 3.83. The van der Waals surface area contributed by atoms with Gasteiger partial charge in [0.05, 0.1) is 42.5 Å². The fourth-order valence-electron chi connectivity index (χ4n) is 5.17. The number of hydrazone groups is 1. The van der Waals surface area contributed by atoms with Crippen molar-refractivity contribution in [3.63, 3.8) is 0 Å². The largest absolute Gasteiger partial charge is 0.497 e. The highest BCUT2D eigenvalue weighted by Gasteiger charge is 2.33. The van der Waals surface area contributed by atoms with Gasteiger partial charge in [0, 0.05) is 12.1 Å². The first kappa shape index (κ1) is 30.3. The zero-order valence-corrected chi connectivity index (χ0v) is 26.6. The van der Waals surface area contributed by atoms with Gasteiger partial charge in [-0.25, -0.2) is 5.01 Å². The summed E-state index contributed by atoms with van der Waals surface area (Å²) in [6.07, 6.45) is 0.893. The van der Waals surface area contributed by atoms with E-state index in [0.717, 1.165) is 38.7 Å². The Morgan fingerprint density at radius 3 is 2.56 bits per heavy atom. The number of hydrogen-bond donors (Lipinski definition) is 1. The van der Waals surface area contributed by atoms with E-state index in [1.54, 1.807) is 23.5 Å². The molecule has 1 aliphatic rings. The molecule has 0 spiro atoms. The number of ether oxygens (including phenoxy) is 1. The number of rotatable bonds is 11. The zero-order valence-electron chi connectivity index (χ0n) is 24.9. The fraction of sp³-hybridized carbons (Fsp3) is 0.206. The van der Waals surface area contributed by atoms with Crippen LogP contribution in [0.2, 0.25) is 0 Å². The first-order chi connectivity index (χ1) is 22.0. The lowest BCUT2D eigenvalue weighted by Gasteiger charge is -2.22. The predicted molar refractivity (Wildman–Crippen MR) is 177 cm³/mol. The molecular weight excluding hydrogens is 605 g/mol. The highest BCUT2D eigenvalue weighted by molar-refractivity contribution is 7.99. The van der Waals surface area contributed by atoms with Crippen molar-refractivity contribution in [1.29, 1.82) is 0 Å². The van der Waals surface area contributed by atoms with Crippen molar-refractivity contribution >= 4 is 40.6 Å². The Bertz CT molecular complexity index is 1800. The first-order valence-corrected chi connectivity index (χ1v) is 16.4. The number of amides is 2. The van der Waals surface area contributed by atoms with Gasteiger partial charge in [-0.05, 0) is 59.3 Å². The van der Waals surface area contributed by atoms with Gasteiger partial charge in [0.2, 0.25) is 5.91 Å². The van der Waals surface area contributed by atoms with Gasteiger partial charge in [0.25, 0.3) is 5.91 Å². The van der Waals surface area contributed by atoms with Gasteiger partial charge in [-0.3, -0.25) is 14.2 Å². The minimum absolute atomic E-state index is 0.109. The van der Waals surface area contributed by atoms with Crippen molar-refractivity contribution in [3.8, 4) is 11.4 Å². The Morgan fingerprint density at radius 1 is 1.00 bits per heavy atom. The quantitative estimate of drug-likeness (QED) is 0.179. The smallest absolute Gasteiger partial charge is 0.253 e. The molecule has 0 aliphatic carbocycles. The summed E-state index contributed by atoms with van der Waals surface area (Å²) in [6, 6.07) is 29.1. The number of aryl methyl sites for hydroxylation is 1. The summed E-state index contributed by atoms with van der Waals surface area (Å²) in [7, 11) is 1.63. The van der Waals surface area contributed by atoms with Crippen molar-refractivity contribution in [2.75, 3.05) is 12.9 Å². The average molecular weight is 637 g/mol. The molecule has 0 fully saturated rings. The third-order valence-electron chi connectivity index (χ3n) is 7.41. The van der Waals surface area contributed by atoms with E-state index in [4.69, 9.17) is 9.84 Å². The second kappa shape index (κ2) is 13.9. The van der Waals surface area contributed by atoms with E-state index in [1.165, 1.54) is 11.8 Å². The van der Waals surface area contributed by atoms with Gasteiger partial charge in [0.1, 0.15) is 5.75 Å². The molecule has 11 heteroatoms. The fourth-order valence-corrected chi connectivity index (χ4v) is 6.71. The molecule has 1 N–H and O–H groups in total. The van der Waals surface area contributed by atoms with Crippen LogP contribution in [0.25, 0.3) is 5.69 Å². The summed E-state index contributed by atoms with van der Waals surface area (Å²) in [5, 5.41) is 20.8. The molecule has 45 heavy (non-hydrogen) atoms. The maximum atomic E-state index is 13.8. The molecule has 2 aromatic heterocycles. The van der Waals surface area contributed by atoms with Gasteiger partial charge in [-0.2, -0.15) is 5.10 Å². The maximum absolute atomic E-state index is 13.8. The SMILES string of the molecule is COc1ccc([C@@H]2CC(c3cccs3)=NN2C(=O)CSc2nnc(CNC(=O)Cc3ccccc3)n2-c2cccc(C)c2)cc1. The van der Waals surface area contributed by atoms with Crippen molar-refractivity contribution in [2.24, 2.45) is 5.10 Å². The van der Waals surface area contributed by atoms with Crippen LogP contribution in [0.5, 0.6) is 5.75 Å². The summed E-state index contributed by atoms with van der Waals surface area (Å²) in [5.41, 5.74) is 4.74. The third-order valence-corrected chi connectivity index (χ3v) is 9.24. The van der Waals surface area contributed by atoms with Crippen molar-refractivity contribution < 1.29 is 14.3 Å². The molecular formula is C34H32N6O3S2. The number of thiophene rings is 1. The number of nitrogens with zero attached hydrogens (tertiary/aromatic N) is 5. The van der Waals surface area contributed by atoms with Crippen molar-refractivity contribution in [1.82, 2.24) is 25.1 Å². The van der Waals surface area contributed by atoms with Gasteiger partial charge in [0.15, 0.2) is 11.0 Å². The number of thioether (sulfide) groups is 1. The molecule has 1 aliphatic heterocycles.